The highest BCUT2D eigenvalue weighted by Gasteiger charge is 2.24. The minimum Gasteiger partial charge on any atom is -0.369 e. The normalized spacial score (nSPS) is 22.4. The predicted molar refractivity (Wildman–Crippen MR) is 135 cm³/mol. The average molecular weight is 449 g/mol. The third kappa shape index (κ3) is 4.68. The van der Waals surface area contributed by atoms with Gasteiger partial charge in [-0.25, -0.2) is 0 Å². The highest BCUT2D eigenvalue weighted by molar-refractivity contribution is 7.21. The fourth-order valence-corrected chi connectivity index (χ4v) is 6.10. The summed E-state index contributed by atoms with van der Waals surface area (Å²) in [5, 5.41) is 4.44. The maximum atomic E-state index is 11.5. The van der Waals surface area contributed by atoms with E-state index in [1.165, 1.54) is 55.9 Å². The maximum Gasteiger partial charge on any atom is 0.258 e. The number of hydrogen-bond donors (Lipinski definition) is 2. The molecule has 0 unspecified atom stereocenters. The van der Waals surface area contributed by atoms with E-state index in [0.29, 0.717) is 4.88 Å². The molecule has 6 heteroatoms. The first-order valence-corrected chi connectivity index (χ1v) is 12.6. The third-order valence-corrected chi connectivity index (χ3v) is 8.21. The van der Waals surface area contributed by atoms with Crippen molar-refractivity contribution in [3.05, 3.63) is 53.4 Å². The summed E-state index contributed by atoms with van der Waals surface area (Å²) in [6.07, 6.45) is 4.46. The molecule has 4 aliphatic rings. The van der Waals surface area contributed by atoms with Gasteiger partial charge in [0, 0.05) is 36.6 Å². The van der Waals surface area contributed by atoms with Crippen LogP contribution in [0.3, 0.4) is 0 Å². The van der Waals surface area contributed by atoms with Gasteiger partial charge in [-0.05, 0) is 79.5 Å². The summed E-state index contributed by atoms with van der Waals surface area (Å²) in [6.45, 7) is 8.34. The quantitative estimate of drug-likeness (QED) is 0.631. The van der Waals surface area contributed by atoms with Crippen molar-refractivity contribution in [2.75, 3.05) is 50.7 Å². The summed E-state index contributed by atoms with van der Waals surface area (Å²) < 4.78 is 1.11. The van der Waals surface area contributed by atoms with Gasteiger partial charge in [0.25, 0.3) is 5.91 Å². The van der Waals surface area contributed by atoms with Crippen molar-refractivity contribution in [1.29, 1.82) is 0 Å². The first kappa shape index (κ1) is 21.4. The predicted octanol–water partition coefficient (Wildman–Crippen LogP) is 4.18. The van der Waals surface area contributed by atoms with E-state index < -0.39 is 0 Å². The molecule has 0 saturated carbocycles. The van der Waals surface area contributed by atoms with E-state index in [1.807, 2.05) is 18.2 Å². The lowest BCUT2D eigenvalue weighted by molar-refractivity contribution is 0.100. The number of carbonyl (C=O) groups is 1. The van der Waals surface area contributed by atoms with Crippen molar-refractivity contribution in [1.82, 2.24) is 10.2 Å². The Bertz CT molecular complexity index is 1040. The number of primary amides is 1. The van der Waals surface area contributed by atoms with E-state index in [9.17, 15) is 4.79 Å². The van der Waals surface area contributed by atoms with Crippen LogP contribution in [0.2, 0.25) is 0 Å². The molecule has 7 rings (SSSR count). The second kappa shape index (κ2) is 9.61. The van der Waals surface area contributed by atoms with Gasteiger partial charge in [0.15, 0.2) is 0 Å². The van der Waals surface area contributed by atoms with Crippen LogP contribution in [-0.2, 0) is 0 Å². The molecule has 5 nitrogen and oxygen atoms in total. The number of benzene rings is 2. The lowest BCUT2D eigenvalue weighted by atomic mass is 9.89. The van der Waals surface area contributed by atoms with E-state index in [1.54, 1.807) is 0 Å². The Morgan fingerprint density at radius 3 is 2.19 bits per heavy atom. The van der Waals surface area contributed by atoms with Gasteiger partial charge >= 0.3 is 0 Å². The standard InChI is InChI=1S/C19H19N3OS.C7H13N/c20-19(23)17-12-14-2-1-3-16(18(14)24-17)13-4-6-15(7-5-13)22-10-8-21-9-11-22;1-4-8-5-2-7(1)3-6-8/h1-7,12,21H,8-11H2,(H2,20,23);7H,1-6H2. The Kier molecular flexibility index (Phi) is 6.44. The van der Waals surface area contributed by atoms with Gasteiger partial charge in [0.2, 0.25) is 0 Å². The van der Waals surface area contributed by atoms with Crippen LogP contribution in [0.1, 0.15) is 28.9 Å². The molecule has 4 aliphatic heterocycles. The first-order chi connectivity index (χ1) is 15.7. The molecule has 0 aliphatic carbocycles. The molecular weight excluding hydrogens is 416 g/mol. The molecule has 2 bridgehead atoms. The van der Waals surface area contributed by atoms with Gasteiger partial charge in [-0.1, -0.05) is 30.3 Å². The van der Waals surface area contributed by atoms with E-state index in [-0.39, 0.29) is 5.91 Å². The van der Waals surface area contributed by atoms with Crippen LogP contribution < -0.4 is 16.0 Å². The van der Waals surface area contributed by atoms with Crippen LogP contribution in [0.4, 0.5) is 5.69 Å². The topological polar surface area (TPSA) is 61.6 Å². The van der Waals surface area contributed by atoms with Gasteiger partial charge in [0.05, 0.1) is 4.88 Å². The SMILES string of the molecule is C1CN2CCC1CC2.NC(=O)c1cc2cccc(-c3ccc(N4CCNCC4)cc3)c2s1. The number of rotatable bonds is 3. The molecule has 4 fully saturated rings. The zero-order valence-electron chi connectivity index (χ0n) is 18.6. The Morgan fingerprint density at radius 2 is 1.62 bits per heavy atom. The lowest BCUT2D eigenvalue weighted by Crippen LogP contribution is -2.43. The van der Waals surface area contributed by atoms with E-state index in [2.05, 4.69) is 45.4 Å². The summed E-state index contributed by atoms with van der Waals surface area (Å²) in [4.78, 5) is 17.0. The van der Waals surface area contributed by atoms with Crippen LogP contribution in [0.5, 0.6) is 0 Å². The second-order valence-corrected chi connectivity index (χ2v) is 10.1. The maximum absolute atomic E-state index is 11.5. The van der Waals surface area contributed by atoms with Gasteiger partial charge in [-0.15, -0.1) is 11.3 Å². The van der Waals surface area contributed by atoms with Crippen LogP contribution in [0.15, 0.2) is 48.5 Å². The number of piperidine rings is 3. The smallest absolute Gasteiger partial charge is 0.258 e. The largest absolute Gasteiger partial charge is 0.369 e. The lowest BCUT2D eigenvalue weighted by Gasteiger charge is -2.38. The molecule has 0 spiro atoms. The molecule has 3 aromatic rings. The Labute approximate surface area is 194 Å². The van der Waals surface area contributed by atoms with E-state index in [4.69, 9.17) is 5.73 Å². The fraction of sp³-hybridized carbons (Fsp3) is 0.423. The Balaban J connectivity index is 0.000000225. The summed E-state index contributed by atoms with van der Waals surface area (Å²) in [5.41, 5.74) is 9.00. The van der Waals surface area contributed by atoms with Crippen molar-refractivity contribution < 1.29 is 4.79 Å². The molecule has 0 atom stereocenters. The Hall–Kier alpha value is -2.41. The van der Waals surface area contributed by atoms with Crippen LogP contribution in [-0.4, -0.2) is 56.6 Å². The zero-order valence-corrected chi connectivity index (χ0v) is 19.4. The highest BCUT2D eigenvalue weighted by Crippen LogP contribution is 2.35. The molecule has 32 heavy (non-hydrogen) atoms. The third-order valence-electron chi connectivity index (χ3n) is 7.01. The van der Waals surface area contributed by atoms with Crippen LogP contribution in [0, 0.1) is 5.92 Å². The van der Waals surface area contributed by atoms with Crippen molar-refractivity contribution in [2.45, 2.75) is 19.3 Å². The number of piperazine rings is 1. The summed E-state index contributed by atoms with van der Waals surface area (Å²) >= 11 is 1.47. The molecular formula is C26H32N4OS. The van der Waals surface area contributed by atoms with Crippen LogP contribution >= 0.6 is 11.3 Å². The number of carbonyl (C=O) groups excluding carboxylic acids is 1. The molecule has 0 radical (unpaired) electrons. The molecule has 168 valence electrons. The van der Waals surface area contributed by atoms with Gasteiger partial charge in [0.1, 0.15) is 0 Å². The molecule has 5 heterocycles. The van der Waals surface area contributed by atoms with Crippen molar-refractivity contribution >= 4 is 33.0 Å². The molecule has 2 aromatic carbocycles. The Morgan fingerprint density at radius 1 is 0.938 bits per heavy atom. The van der Waals surface area contributed by atoms with E-state index >= 15 is 0 Å². The van der Waals surface area contributed by atoms with Gasteiger partial charge < -0.3 is 20.9 Å². The summed E-state index contributed by atoms with van der Waals surface area (Å²) in [6, 6.07) is 16.7. The number of nitrogens with one attached hydrogen (secondary N) is 1. The number of anilines is 1. The van der Waals surface area contributed by atoms with Crippen molar-refractivity contribution in [3.63, 3.8) is 0 Å². The van der Waals surface area contributed by atoms with Crippen molar-refractivity contribution in [2.24, 2.45) is 11.7 Å². The van der Waals surface area contributed by atoms with Gasteiger partial charge in [-0.2, -0.15) is 0 Å². The highest BCUT2D eigenvalue weighted by atomic mass is 32.1. The molecule has 1 aromatic heterocycles. The second-order valence-electron chi connectivity index (χ2n) is 9.06. The number of hydrogen-bond acceptors (Lipinski definition) is 5. The fourth-order valence-electron chi connectivity index (χ4n) is 5.05. The number of nitrogens with two attached hydrogens (primary N) is 1. The molecule has 4 saturated heterocycles. The molecule has 1 amide bonds. The molecule has 3 N–H and O–H groups in total. The first-order valence-electron chi connectivity index (χ1n) is 11.8. The minimum atomic E-state index is -0.365. The average Bonchev–Trinajstić information content (AvgIpc) is 3.32. The van der Waals surface area contributed by atoms with Gasteiger partial charge in [-0.3, -0.25) is 4.79 Å². The number of amides is 1. The number of nitrogens with zero attached hydrogens (tertiary/aromatic N) is 2. The van der Waals surface area contributed by atoms with E-state index in [0.717, 1.165) is 53.3 Å². The zero-order chi connectivity index (χ0) is 21.9. The number of fused-ring (bicyclic) bond motifs is 4. The summed E-state index contributed by atoms with van der Waals surface area (Å²) in [5.74, 6) is 0.746. The minimum absolute atomic E-state index is 0.365. The van der Waals surface area contributed by atoms with Crippen LogP contribution in [0.25, 0.3) is 21.2 Å². The number of thiophene rings is 1. The van der Waals surface area contributed by atoms with Crippen molar-refractivity contribution in [3.8, 4) is 11.1 Å². The monoisotopic (exact) mass is 448 g/mol. The summed E-state index contributed by atoms with van der Waals surface area (Å²) in [7, 11) is 0.